The molecule has 2 rings (SSSR count). The minimum atomic E-state index is -1.33. The number of benzene rings is 2. The Morgan fingerprint density at radius 3 is 2.48 bits per heavy atom. The zero-order valence-corrected chi connectivity index (χ0v) is 14.7. The third kappa shape index (κ3) is 5.81. The third-order valence-corrected chi connectivity index (χ3v) is 3.75. The summed E-state index contributed by atoms with van der Waals surface area (Å²) in [6.07, 6.45) is 0.421. The quantitative estimate of drug-likeness (QED) is 0.531. The van der Waals surface area contributed by atoms with Gasteiger partial charge >= 0.3 is 0 Å². The fourth-order valence-electron chi connectivity index (χ4n) is 2.44. The van der Waals surface area contributed by atoms with Gasteiger partial charge in [0.1, 0.15) is 5.75 Å². The van der Waals surface area contributed by atoms with Crippen molar-refractivity contribution in [2.24, 2.45) is 0 Å². The fourth-order valence-corrected chi connectivity index (χ4v) is 2.44. The molecule has 8 heteroatoms. The number of rotatable bonds is 9. The maximum absolute atomic E-state index is 12.4. The maximum Gasteiger partial charge on any atom is 0.270 e. The molecule has 0 aromatic heterocycles. The summed E-state index contributed by atoms with van der Waals surface area (Å²) in [4.78, 5) is 33.7. The van der Waals surface area contributed by atoms with Gasteiger partial charge in [-0.15, -0.1) is 0 Å². The lowest BCUT2D eigenvalue weighted by molar-refractivity contribution is -0.384. The number of aliphatic carboxylic acids is 1. The first-order chi connectivity index (χ1) is 12.9. The van der Waals surface area contributed by atoms with Crippen molar-refractivity contribution in [1.29, 1.82) is 0 Å². The lowest BCUT2D eigenvalue weighted by Gasteiger charge is -2.20. The highest BCUT2D eigenvalue weighted by atomic mass is 16.6. The molecule has 27 heavy (non-hydrogen) atoms. The van der Waals surface area contributed by atoms with E-state index >= 15 is 0 Å². The number of carboxylic acids is 1. The molecule has 0 heterocycles. The number of hydrogen-bond acceptors (Lipinski definition) is 6. The highest BCUT2D eigenvalue weighted by Crippen LogP contribution is 2.22. The second-order valence-corrected chi connectivity index (χ2v) is 5.83. The molecule has 0 radical (unpaired) electrons. The first kappa shape index (κ1) is 19.9. The van der Waals surface area contributed by atoms with E-state index in [1.54, 1.807) is 24.3 Å². The number of nitrogens with zero attached hydrogens (tertiary/aromatic N) is 1. The SMILES string of the molecule is CCCOc1ccc([C@H](CC(=O)[O-])NC(=O)c2cccc([N+](=O)[O-])c2)cc1. The van der Waals surface area contributed by atoms with Crippen LogP contribution in [-0.4, -0.2) is 23.4 Å². The predicted molar refractivity (Wildman–Crippen MR) is 95.2 cm³/mol. The average Bonchev–Trinajstić information content (AvgIpc) is 2.66. The van der Waals surface area contributed by atoms with Gasteiger partial charge in [-0.05, 0) is 30.2 Å². The lowest BCUT2D eigenvalue weighted by atomic mass is 10.0. The molecule has 8 nitrogen and oxygen atoms in total. The van der Waals surface area contributed by atoms with Crippen LogP contribution in [0.3, 0.4) is 0 Å². The molecule has 0 aliphatic heterocycles. The highest BCUT2D eigenvalue weighted by Gasteiger charge is 2.18. The molecule has 2 aromatic carbocycles. The Hall–Kier alpha value is -3.42. The Morgan fingerprint density at radius 2 is 1.89 bits per heavy atom. The van der Waals surface area contributed by atoms with Crippen molar-refractivity contribution in [3.8, 4) is 5.75 Å². The summed E-state index contributed by atoms with van der Waals surface area (Å²) in [5, 5.41) is 24.5. The van der Waals surface area contributed by atoms with Crippen LogP contribution in [0.4, 0.5) is 5.69 Å². The second-order valence-electron chi connectivity index (χ2n) is 5.83. The number of carbonyl (C=O) groups excluding carboxylic acids is 2. The molecule has 142 valence electrons. The summed E-state index contributed by atoms with van der Waals surface area (Å²) in [7, 11) is 0. The van der Waals surface area contributed by atoms with E-state index in [-0.39, 0.29) is 11.3 Å². The Morgan fingerprint density at radius 1 is 1.19 bits per heavy atom. The van der Waals surface area contributed by atoms with Crippen LogP contribution >= 0.6 is 0 Å². The van der Waals surface area contributed by atoms with Crippen molar-refractivity contribution in [2.45, 2.75) is 25.8 Å². The van der Waals surface area contributed by atoms with E-state index in [2.05, 4.69) is 5.32 Å². The first-order valence-electron chi connectivity index (χ1n) is 8.38. The van der Waals surface area contributed by atoms with Gasteiger partial charge in [-0.25, -0.2) is 0 Å². The molecule has 1 amide bonds. The van der Waals surface area contributed by atoms with Gasteiger partial charge in [0.15, 0.2) is 0 Å². The minimum Gasteiger partial charge on any atom is -0.550 e. The van der Waals surface area contributed by atoms with Gasteiger partial charge in [-0.1, -0.05) is 25.1 Å². The Bertz CT molecular complexity index is 819. The molecule has 0 spiro atoms. The van der Waals surface area contributed by atoms with Crippen LogP contribution in [0.25, 0.3) is 0 Å². The topological polar surface area (TPSA) is 122 Å². The molecule has 0 aliphatic rings. The number of nitro groups is 1. The maximum atomic E-state index is 12.4. The molecule has 1 atom stereocenters. The number of nitrogens with one attached hydrogen (secondary N) is 1. The molecule has 0 unspecified atom stereocenters. The van der Waals surface area contributed by atoms with Crippen LogP contribution in [0.5, 0.6) is 5.75 Å². The van der Waals surface area contributed by atoms with Crippen LogP contribution < -0.4 is 15.2 Å². The summed E-state index contributed by atoms with van der Waals surface area (Å²) < 4.78 is 5.48. The fraction of sp³-hybridized carbons (Fsp3) is 0.263. The van der Waals surface area contributed by atoms with Crippen LogP contribution in [0.1, 0.15) is 41.7 Å². The Labute approximate surface area is 155 Å². The molecule has 2 aromatic rings. The van der Waals surface area contributed by atoms with Gasteiger partial charge in [0.25, 0.3) is 11.6 Å². The monoisotopic (exact) mass is 371 g/mol. The van der Waals surface area contributed by atoms with E-state index in [4.69, 9.17) is 4.74 Å². The van der Waals surface area contributed by atoms with E-state index in [9.17, 15) is 24.8 Å². The van der Waals surface area contributed by atoms with Crippen molar-refractivity contribution in [2.75, 3.05) is 6.61 Å². The van der Waals surface area contributed by atoms with Crippen molar-refractivity contribution in [1.82, 2.24) is 5.32 Å². The number of amides is 1. The van der Waals surface area contributed by atoms with E-state index in [0.717, 1.165) is 12.5 Å². The summed E-state index contributed by atoms with van der Waals surface area (Å²) in [5.74, 6) is -1.31. The van der Waals surface area contributed by atoms with Crippen LogP contribution in [0.2, 0.25) is 0 Å². The Kier molecular flexibility index (Phi) is 6.87. The molecule has 0 bridgehead atoms. The standard InChI is InChI=1S/C19H20N2O6/c1-2-10-27-16-8-6-13(7-9-16)17(12-18(22)23)20-19(24)14-4-3-5-15(11-14)21(25)26/h3-9,11,17H,2,10,12H2,1H3,(H,20,24)(H,22,23)/p-1/t17-/m0/s1. The van der Waals surface area contributed by atoms with Gasteiger partial charge in [0, 0.05) is 30.1 Å². The second kappa shape index (κ2) is 9.33. The third-order valence-electron chi connectivity index (χ3n) is 3.75. The number of hydrogen-bond donors (Lipinski definition) is 1. The number of non-ortho nitro benzene ring substituents is 1. The van der Waals surface area contributed by atoms with E-state index in [1.807, 2.05) is 6.92 Å². The first-order valence-corrected chi connectivity index (χ1v) is 8.38. The van der Waals surface area contributed by atoms with Gasteiger partial charge < -0.3 is 20.0 Å². The smallest absolute Gasteiger partial charge is 0.270 e. The summed E-state index contributed by atoms with van der Waals surface area (Å²) in [5.41, 5.74) is 0.397. The molecule has 0 saturated carbocycles. The molecular weight excluding hydrogens is 352 g/mol. The van der Waals surface area contributed by atoms with Crippen LogP contribution in [-0.2, 0) is 4.79 Å². The molecular formula is C19H19N2O6-. The zero-order valence-electron chi connectivity index (χ0n) is 14.7. The number of ether oxygens (including phenoxy) is 1. The minimum absolute atomic E-state index is 0.0652. The van der Waals surface area contributed by atoms with E-state index in [0.29, 0.717) is 17.9 Å². The van der Waals surface area contributed by atoms with Crippen molar-refractivity contribution >= 4 is 17.6 Å². The van der Waals surface area contributed by atoms with E-state index in [1.165, 1.54) is 18.2 Å². The summed E-state index contributed by atoms with van der Waals surface area (Å²) in [6, 6.07) is 11.1. The number of nitro benzene ring substituents is 1. The summed E-state index contributed by atoms with van der Waals surface area (Å²) >= 11 is 0. The largest absolute Gasteiger partial charge is 0.550 e. The zero-order chi connectivity index (χ0) is 19.8. The van der Waals surface area contributed by atoms with Crippen molar-refractivity contribution in [3.05, 3.63) is 69.8 Å². The predicted octanol–water partition coefficient (Wildman–Crippen LogP) is 1.99. The van der Waals surface area contributed by atoms with Crippen molar-refractivity contribution in [3.63, 3.8) is 0 Å². The Balaban J connectivity index is 2.18. The number of carbonyl (C=O) groups is 2. The van der Waals surface area contributed by atoms with Gasteiger partial charge in [0.05, 0.1) is 17.6 Å². The highest BCUT2D eigenvalue weighted by molar-refractivity contribution is 5.95. The molecule has 1 N–H and O–H groups in total. The molecule has 0 aliphatic carbocycles. The van der Waals surface area contributed by atoms with Gasteiger partial charge in [-0.2, -0.15) is 0 Å². The number of carboxylic acid groups (broad SMARTS) is 1. The average molecular weight is 371 g/mol. The van der Waals surface area contributed by atoms with Gasteiger partial charge in [-0.3, -0.25) is 14.9 Å². The lowest BCUT2D eigenvalue weighted by Crippen LogP contribution is -2.34. The normalized spacial score (nSPS) is 11.4. The molecule has 0 fully saturated rings. The van der Waals surface area contributed by atoms with Gasteiger partial charge in [0.2, 0.25) is 0 Å². The van der Waals surface area contributed by atoms with Crippen molar-refractivity contribution < 1.29 is 24.4 Å². The summed E-state index contributed by atoms with van der Waals surface area (Å²) in [6.45, 7) is 2.54. The molecule has 0 saturated heterocycles. The van der Waals surface area contributed by atoms with Crippen LogP contribution in [0.15, 0.2) is 48.5 Å². The van der Waals surface area contributed by atoms with E-state index < -0.39 is 29.3 Å². The van der Waals surface area contributed by atoms with Crippen LogP contribution in [0, 0.1) is 10.1 Å².